The molecule has 128 valence electrons. The molecule has 4 nitrogen and oxygen atoms in total. The monoisotopic (exact) mass is 325 g/mol. The molecule has 1 saturated heterocycles. The lowest BCUT2D eigenvalue weighted by Gasteiger charge is -2.40. The van der Waals surface area contributed by atoms with Crippen LogP contribution < -0.4 is 9.64 Å². The van der Waals surface area contributed by atoms with Gasteiger partial charge in [-0.1, -0.05) is 0 Å². The fourth-order valence-corrected chi connectivity index (χ4v) is 3.52. The summed E-state index contributed by atoms with van der Waals surface area (Å²) < 4.78 is 5.24. The van der Waals surface area contributed by atoms with E-state index in [4.69, 9.17) is 4.74 Å². The molecule has 0 amide bonds. The van der Waals surface area contributed by atoms with Gasteiger partial charge >= 0.3 is 0 Å². The average Bonchev–Trinajstić information content (AvgIpc) is 2.68. The van der Waals surface area contributed by atoms with Crippen LogP contribution in [0.4, 0.5) is 5.69 Å². The van der Waals surface area contributed by atoms with Gasteiger partial charge in [-0.15, -0.1) is 0 Å². The number of aromatic nitrogens is 1. The lowest BCUT2D eigenvalue weighted by molar-refractivity contribution is 0.159. The smallest absolute Gasteiger partial charge is 0.119 e. The third kappa shape index (κ3) is 3.70. The van der Waals surface area contributed by atoms with Crippen LogP contribution in [-0.2, 0) is 0 Å². The number of ether oxygens (including phenoxy) is 1. The van der Waals surface area contributed by atoms with Crippen molar-refractivity contribution in [3.63, 3.8) is 0 Å². The van der Waals surface area contributed by atoms with Gasteiger partial charge in [-0.2, -0.15) is 0 Å². The van der Waals surface area contributed by atoms with E-state index in [0.717, 1.165) is 18.8 Å². The molecule has 1 aliphatic rings. The fraction of sp³-hybridized carbons (Fsp3) is 0.450. The number of piperidine rings is 1. The topological polar surface area (TPSA) is 28.6 Å². The number of hydrogen-bond donors (Lipinski definition) is 0. The summed E-state index contributed by atoms with van der Waals surface area (Å²) in [6.45, 7) is 4.49. The molecule has 1 aromatic carbocycles. The van der Waals surface area contributed by atoms with E-state index < -0.39 is 0 Å². The Morgan fingerprint density at radius 3 is 2.29 bits per heavy atom. The van der Waals surface area contributed by atoms with E-state index in [-0.39, 0.29) is 0 Å². The molecule has 0 saturated carbocycles. The minimum Gasteiger partial charge on any atom is -0.497 e. The average molecular weight is 325 g/mol. The van der Waals surface area contributed by atoms with Crippen molar-refractivity contribution in [2.75, 3.05) is 32.1 Å². The first-order valence-corrected chi connectivity index (χ1v) is 8.70. The van der Waals surface area contributed by atoms with Gasteiger partial charge in [-0.3, -0.25) is 9.88 Å². The van der Waals surface area contributed by atoms with Crippen molar-refractivity contribution in [2.45, 2.75) is 31.8 Å². The van der Waals surface area contributed by atoms with Crippen LogP contribution in [0.25, 0.3) is 0 Å². The molecule has 0 aliphatic carbocycles. The van der Waals surface area contributed by atoms with Crippen molar-refractivity contribution in [3.8, 4) is 5.75 Å². The van der Waals surface area contributed by atoms with Crippen LogP contribution in [0.5, 0.6) is 5.75 Å². The van der Waals surface area contributed by atoms with Gasteiger partial charge < -0.3 is 9.64 Å². The summed E-state index contributed by atoms with van der Waals surface area (Å²) >= 11 is 0. The van der Waals surface area contributed by atoms with E-state index in [1.54, 1.807) is 7.11 Å². The lowest BCUT2D eigenvalue weighted by Crippen LogP contribution is -2.44. The summed E-state index contributed by atoms with van der Waals surface area (Å²) in [7, 11) is 3.96. The zero-order chi connectivity index (χ0) is 16.9. The number of hydrogen-bond acceptors (Lipinski definition) is 4. The second kappa shape index (κ2) is 7.67. The number of pyridine rings is 1. The zero-order valence-electron chi connectivity index (χ0n) is 14.9. The van der Waals surface area contributed by atoms with Crippen molar-refractivity contribution < 1.29 is 4.74 Å². The van der Waals surface area contributed by atoms with Crippen LogP contribution in [-0.4, -0.2) is 43.2 Å². The van der Waals surface area contributed by atoms with Gasteiger partial charge in [0.15, 0.2) is 0 Å². The summed E-state index contributed by atoms with van der Waals surface area (Å²) in [5.41, 5.74) is 2.63. The molecule has 4 heteroatoms. The Hall–Kier alpha value is -2.07. The summed E-state index contributed by atoms with van der Waals surface area (Å²) in [5.74, 6) is 0.916. The molecule has 1 atom stereocenters. The number of rotatable bonds is 5. The molecule has 1 aliphatic heterocycles. The standard InChI is InChI=1S/C20H27N3O/c1-16(17-8-12-21-13-9-17)22(2)18-10-14-23(15-11-18)19-4-6-20(24-3)7-5-19/h4-9,12-13,16,18H,10-11,14-15H2,1-3H3/t16-/m1/s1. The number of benzene rings is 1. The highest BCUT2D eigenvalue weighted by Gasteiger charge is 2.25. The molecule has 3 rings (SSSR count). The first kappa shape index (κ1) is 16.8. The molecule has 24 heavy (non-hydrogen) atoms. The van der Waals surface area contributed by atoms with Crippen molar-refractivity contribution in [1.82, 2.24) is 9.88 Å². The minimum absolute atomic E-state index is 0.422. The Kier molecular flexibility index (Phi) is 5.36. The zero-order valence-corrected chi connectivity index (χ0v) is 14.9. The number of nitrogens with zero attached hydrogens (tertiary/aromatic N) is 3. The van der Waals surface area contributed by atoms with Crippen LogP contribution in [0.3, 0.4) is 0 Å². The Bertz CT molecular complexity index is 621. The van der Waals surface area contributed by atoms with Crippen LogP contribution in [0.2, 0.25) is 0 Å². The maximum Gasteiger partial charge on any atom is 0.119 e. The van der Waals surface area contributed by atoms with Crippen molar-refractivity contribution in [2.24, 2.45) is 0 Å². The van der Waals surface area contributed by atoms with Gasteiger partial charge in [-0.25, -0.2) is 0 Å². The maximum absolute atomic E-state index is 5.24. The van der Waals surface area contributed by atoms with E-state index in [2.05, 4.69) is 53.0 Å². The van der Waals surface area contributed by atoms with E-state index in [1.165, 1.54) is 24.1 Å². The summed E-state index contributed by atoms with van der Waals surface area (Å²) in [5, 5.41) is 0. The van der Waals surface area contributed by atoms with Gasteiger partial charge in [0, 0.05) is 43.3 Å². The van der Waals surface area contributed by atoms with E-state index in [1.807, 2.05) is 24.5 Å². The molecule has 2 heterocycles. The molecule has 2 aromatic rings. The number of anilines is 1. The van der Waals surface area contributed by atoms with Gasteiger partial charge in [0.1, 0.15) is 5.75 Å². The Labute approximate surface area is 145 Å². The predicted octanol–water partition coefficient (Wildman–Crippen LogP) is 3.75. The van der Waals surface area contributed by atoms with Gasteiger partial charge in [0.25, 0.3) is 0 Å². The van der Waals surface area contributed by atoms with Crippen molar-refractivity contribution >= 4 is 5.69 Å². The minimum atomic E-state index is 0.422. The third-order valence-electron chi connectivity index (χ3n) is 5.28. The van der Waals surface area contributed by atoms with Gasteiger partial charge in [-0.05, 0) is 68.8 Å². The Balaban J connectivity index is 1.58. The molecular weight excluding hydrogens is 298 g/mol. The summed E-state index contributed by atoms with van der Waals surface area (Å²) in [6.07, 6.45) is 6.15. The molecule has 1 fully saturated rings. The molecule has 0 N–H and O–H groups in total. The highest BCUT2D eigenvalue weighted by atomic mass is 16.5. The molecule has 0 bridgehead atoms. The predicted molar refractivity (Wildman–Crippen MR) is 98.6 cm³/mol. The highest BCUT2D eigenvalue weighted by Crippen LogP contribution is 2.28. The molecule has 1 aromatic heterocycles. The van der Waals surface area contributed by atoms with Crippen LogP contribution in [0.1, 0.15) is 31.4 Å². The first-order valence-electron chi connectivity index (χ1n) is 8.70. The van der Waals surface area contributed by atoms with Gasteiger partial charge in [0.05, 0.1) is 7.11 Å². The van der Waals surface area contributed by atoms with Crippen molar-refractivity contribution in [1.29, 1.82) is 0 Å². The van der Waals surface area contributed by atoms with E-state index >= 15 is 0 Å². The van der Waals surface area contributed by atoms with Crippen LogP contribution in [0.15, 0.2) is 48.8 Å². The Morgan fingerprint density at radius 2 is 1.71 bits per heavy atom. The van der Waals surface area contributed by atoms with E-state index in [0.29, 0.717) is 12.1 Å². The first-order chi connectivity index (χ1) is 11.7. The van der Waals surface area contributed by atoms with Gasteiger partial charge in [0.2, 0.25) is 0 Å². The quantitative estimate of drug-likeness (QED) is 0.837. The largest absolute Gasteiger partial charge is 0.497 e. The van der Waals surface area contributed by atoms with E-state index in [9.17, 15) is 0 Å². The fourth-order valence-electron chi connectivity index (χ4n) is 3.52. The second-order valence-corrected chi connectivity index (χ2v) is 6.54. The lowest BCUT2D eigenvalue weighted by atomic mass is 9.99. The molecule has 0 spiro atoms. The second-order valence-electron chi connectivity index (χ2n) is 6.54. The molecular formula is C20H27N3O. The number of methoxy groups -OCH3 is 1. The maximum atomic E-state index is 5.24. The van der Waals surface area contributed by atoms with Crippen molar-refractivity contribution in [3.05, 3.63) is 54.4 Å². The highest BCUT2D eigenvalue weighted by molar-refractivity contribution is 5.49. The summed E-state index contributed by atoms with van der Waals surface area (Å²) in [6, 6.07) is 13.7. The molecule has 0 radical (unpaired) electrons. The normalized spacial score (nSPS) is 17.1. The Morgan fingerprint density at radius 1 is 1.08 bits per heavy atom. The summed E-state index contributed by atoms with van der Waals surface area (Å²) in [4.78, 5) is 9.11. The SMILES string of the molecule is COc1ccc(N2CCC(N(C)[C@H](C)c3ccncc3)CC2)cc1. The van der Waals surface area contributed by atoms with Crippen LogP contribution in [0, 0.1) is 0 Å². The van der Waals surface area contributed by atoms with Crippen LogP contribution >= 0.6 is 0 Å². The molecule has 0 unspecified atom stereocenters. The third-order valence-corrected chi connectivity index (χ3v) is 5.28.